The zero-order chi connectivity index (χ0) is 19.7. The third-order valence-electron chi connectivity index (χ3n) is 5.50. The van der Waals surface area contributed by atoms with Crippen LogP contribution in [0.5, 0.6) is 0 Å². The molecule has 5 nitrogen and oxygen atoms in total. The first-order chi connectivity index (χ1) is 12.7. The average molecular weight is 393 g/mol. The van der Waals surface area contributed by atoms with Crippen molar-refractivity contribution >= 4 is 23.6 Å². The van der Waals surface area contributed by atoms with Crippen molar-refractivity contribution < 1.29 is 14.3 Å². The molecule has 0 bridgehead atoms. The third-order valence-corrected chi connectivity index (χ3v) is 5.74. The van der Waals surface area contributed by atoms with E-state index in [1.807, 2.05) is 45.0 Å². The predicted octanol–water partition coefficient (Wildman–Crippen LogP) is 4.28. The largest absolute Gasteiger partial charge is 0.444 e. The van der Waals surface area contributed by atoms with Crippen LogP contribution in [0.3, 0.4) is 0 Å². The summed E-state index contributed by atoms with van der Waals surface area (Å²) in [5.41, 5.74) is 0.0630. The fraction of sp³-hybridized carbons (Fsp3) is 0.619. The molecule has 0 unspecified atom stereocenters. The van der Waals surface area contributed by atoms with Crippen molar-refractivity contribution in [3.05, 3.63) is 34.9 Å². The lowest BCUT2D eigenvalue weighted by Gasteiger charge is -2.42. The molecule has 1 saturated carbocycles. The number of halogens is 1. The number of carbonyl (C=O) groups excluding carboxylic acids is 2. The Labute approximate surface area is 166 Å². The minimum atomic E-state index is -0.490. The van der Waals surface area contributed by atoms with Crippen LogP contribution in [0.25, 0.3) is 0 Å². The number of rotatable bonds is 3. The standard InChI is InChI=1S/C21H29ClN2O3/c1-20(2,3)27-19(26)24-12-8-17(9-13-24)23-18(25)21(10-5-11-21)15-6-4-7-16(22)14-15/h4,6-7,14,17H,5,8-13H2,1-3H3,(H,23,25). The van der Waals surface area contributed by atoms with Crippen molar-refractivity contribution in [3.63, 3.8) is 0 Å². The minimum absolute atomic E-state index is 0.0896. The highest BCUT2D eigenvalue weighted by Gasteiger charge is 2.46. The van der Waals surface area contributed by atoms with E-state index in [1.54, 1.807) is 4.90 Å². The summed E-state index contributed by atoms with van der Waals surface area (Å²) in [6.07, 6.45) is 3.98. The Morgan fingerprint density at radius 2 is 1.89 bits per heavy atom. The molecule has 1 aromatic rings. The Balaban J connectivity index is 1.57. The molecule has 1 saturated heterocycles. The van der Waals surface area contributed by atoms with E-state index in [-0.39, 0.29) is 18.0 Å². The first-order valence-corrected chi connectivity index (χ1v) is 10.1. The Kier molecular flexibility index (Phi) is 5.71. The monoisotopic (exact) mass is 392 g/mol. The van der Waals surface area contributed by atoms with E-state index in [2.05, 4.69) is 5.32 Å². The summed E-state index contributed by atoms with van der Waals surface area (Å²) < 4.78 is 5.43. The molecule has 6 heteroatoms. The molecule has 2 amide bonds. The van der Waals surface area contributed by atoms with Crippen LogP contribution < -0.4 is 5.32 Å². The summed E-state index contributed by atoms with van der Waals surface area (Å²) in [5.74, 6) is 0.0896. The van der Waals surface area contributed by atoms with E-state index < -0.39 is 11.0 Å². The van der Waals surface area contributed by atoms with Crippen molar-refractivity contribution in [2.75, 3.05) is 13.1 Å². The number of benzene rings is 1. The minimum Gasteiger partial charge on any atom is -0.444 e. The van der Waals surface area contributed by atoms with Gasteiger partial charge in [-0.15, -0.1) is 0 Å². The first kappa shape index (κ1) is 20.0. The fourth-order valence-corrected chi connectivity index (χ4v) is 4.01. The van der Waals surface area contributed by atoms with Gasteiger partial charge in [0, 0.05) is 24.2 Å². The summed E-state index contributed by atoms with van der Waals surface area (Å²) in [6.45, 7) is 6.80. The van der Waals surface area contributed by atoms with E-state index in [1.165, 1.54) is 0 Å². The molecule has 1 aromatic carbocycles. The number of ether oxygens (including phenoxy) is 1. The zero-order valence-corrected chi connectivity index (χ0v) is 17.1. The maximum atomic E-state index is 13.1. The summed E-state index contributed by atoms with van der Waals surface area (Å²) >= 11 is 6.14. The van der Waals surface area contributed by atoms with Gasteiger partial charge in [0.1, 0.15) is 5.60 Å². The molecule has 0 spiro atoms. The summed E-state index contributed by atoms with van der Waals surface area (Å²) in [7, 11) is 0. The van der Waals surface area contributed by atoms with Gasteiger partial charge in [0.25, 0.3) is 0 Å². The number of amides is 2. The van der Waals surface area contributed by atoms with E-state index in [9.17, 15) is 9.59 Å². The Bertz CT molecular complexity index is 702. The second kappa shape index (κ2) is 7.70. The van der Waals surface area contributed by atoms with Crippen LogP contribution in [0, 0.1) is 0 Å². The predicted molar refractivity (Wildman–Crippen MR) is 106 cm³/mol. The Morgan fingerprint density at radius 1 is 1.22 bits per heavy atom. The van der Waals surface area contributed by atoms with Crippen LogP contribution >= 0.6 is 11.6 Å². The summed E-state index contributed by atoms with van der Waals surface area (Å²) in [4.78, 5) is 27.0. The second-order valence-electron chi connectivity index (χ2n) is 8.66. The molecular formula is C21H29ClN2O3. The maximum Gasteiger partial charge on any atom is 0.410 e. The summed E-state index contributed by atoms with van der Waals surface area (Å²) in [5, 5.41) is 3.89. The fourth-order valence-electron chi connectivity index (χ4n) is 3.82. The number of nitrogens with zero attached hydrogens (tertiary/aromatic N) is 1. The summed E-state index contributed by atoms with van der Waals surface area (Å²) in [6, 6.07) is 7.74. The molecule has 2 aliphatic rings. The van der Waals surface area contributed by atoms with Crippen LogP contribution in [0.1, 0.15) is 58.4 Å². The molecule has 1 heterocycles. The molecule has 0 atom stereocenters. The van der Waals surface area contributed by atoms with E-state index >= 15 is 0 Å². The number of carbonyl (C=O) groups is 2. The van der Waals surface area contributed by atoms with Crippen LogP contribution in [0.15, 0.2) is 24.3 Å². The van der Waals surface area contributed by atoms with Gasteiger partial charge in [-0.2, -0.15) is 0 Å². The highest BCUT2D eigenvalue weighted by atomic mass is 35.5. The van der Waals surface area contributed by atoms with Gasteiger partial charge in [-0.05, 0) is 64.2 Å². The Hall–Kier alpha value is -1.75. The van der Waals surface area contributed by atoms with Gasteiger partial charge >= 0.3 is 6.09 Å². The quantitative estimate of drug-likeness (QED) is 0.835. The molecule has 1 aliphatic carbocycles. The van der Waals surface area contributed by atoms with Gasteiger partial charge < -0.3 is 15.0 Å². The van der Waals surface area contributed by atoms with E-state index in [0.717, 1.165) is 37.7 Å². The van der Waals surface area contributed by atoms with Gasteiger partial charge in [-0.25, -0.2) is 4.79 Å². The molecule has 2 fully saturated rings. The highest BCUT2D eigenvalue weighted by molar-refractivity contribution is 6.30. The van der Waals surface area contributed by atoms with Crippen molar-refractivity contribution in [1.82, 2.24) is 10.2 Å². The molecule has 1 N–H and O–H groups in total. The lowest BCUT2D eigenvalue weighted by Crippen LogP contribution is -2.54. The van der Waals surface area contributed by atoms with E-state index in [4.69, 9.17) is 16.3 Å². The molecule has 1 aliphatic heterocycles. The number of hydrogen-bond donors (Lipinski definition) is 1. The first-order valence-electron chi connectivity index (χ1n) is 9.75. The van der Waals surface area contributed by atoms with E-state index in [0.29, 0.717) is 18.1 Å². The van der Waals surface area contributed by atoms with Crippen LogP contribution in [0.2, 0.25) is 5.02 Å². The lowest BCUT2D eigenvalue weighted by atomic mass is 9.63. The lowest BCUT2D eigenvalue weighted by molar-refractivity contribution is -0.131. The van der Waals surface area contributed by atoms with Crippen molar-refractivity contribution in [3.8, 4) is 0 Å². The molecular weight excluding hydrogens is 364 g/mol. The van der Waals surface area contributed by atoms with Crippen LogP contribution in [-0.2, 0) is 14.9 Å². The second-order valence-corrected chi connectivity index (χ2v) is 9.10. The average Bonchev–Trinajstić information content (AvgIpc) is 2.53. The molecule has 0 radical (unpaired) electrons. The number of hydrogen-bond acceptors (Lipinski definition) is 3. The smallest absolute Gasteiger partial charge is 0.410 e. The molecule has 27 heavy (non-hydrogen) atoms. The van der Waals surface area contributed by atoms with Crippen molar-refractivity contribution in [1.29, 1.82) is 0 Å². The topological polar surface area (TPSA) is 58.6 Å². The van der Waals surface area contributed by atoms with Gasteiger partial charge in [0.2, 0.25) is 5.91 Å². The SMILES string of the molecule is CC(C)(C)OC(=O)N1CCC(NC(=O)C2(c3cccc(Cl)c3)CCC2)CC1. The third kappa shape index (κ3) is 4.57. The number of piperidine rings is 1. The van der Waals surface area contributed by atoms with Crippen LogP contribution in [0.4, 0.5) is 4.79 Å². The normalized spacial score (nSPS) is 19.9. The molecule has 0 aromatic heterocycles. The van der Waals surface area contributed by atoms with Gasteiger partial charge in [0.05, 0.1) is 5.41 Å². The number of likely N-dealkylation sites (tertiary alicyclic amines) is 1. The van der Waals surface area contributed by atoms with Crippen molar-refractivity contribution in [2.45, 2.75) is 69.9 Å². The van der Waals surface area contributed by atoms with Gasteiger partial charge in [-0.3, -0.25) is 4.79 Å². The number of nitrogens with one attached hydrogen (secondary N) is 1. The maximum absolute atomic E-state index is 13.1. The zero-order valence-electron chi connectivity index (χ0n) is 16.4. The highest BCUT2D eigenvalue weighted by Crippen LogP contribution is 2.44. The molecule has 3 rings (SSSR count). The van der Waals surface area contributed by atoms with Crippen LogP contribution in [-0.4, -0.2) is 41.6 Å². The Morgan fingerprint density at radius 3 is 2.41 bits per heavy atom. The van der Waals surface area contributed by atoms with Gasteiger partial charge in [0.15, 0.2) is 0 Å². The van der Waals surface area contributed by atoms with Gasteiger partial charge in [-0.1, -0.05) is 30.2 Å². The molecule has 148 valence electrons. The van der Waals surface area contributed by atoms with Crippen molar-refractivity contribution in [2.24, 2.45) is 0 Å².